The number of carbonyl (C=O) groups excluding carboxylic acids is 1. The number of carbonyl (C=O) groups is 1. The van der Waals surface area contributed by atoms with Gasteiger partial charge in [-0.05, 0) is 36.6 Å². The summed E-state index contributed by atoms with van der Waals surface area (Å²) in [5.74, 6) is -0.126. The fourth-order valence-electron chi connectivity index (χ4n) is 3.10. The summed E-state index contributed by atoms with van der Waals surface area (Å²) in [6.45, 7) is 0.445. The van der Waals surface area contributed by atoms with E-state index >= 15 is 0 Å². The summed E-state index contributed by atoms with van der Waals surface area (Å²) in [6.07, 6.45) is -1.79. The zero-order valence-corrected chi connectivity index (χ0v) is 14.1. The van der Waals surface area contributed by atoms with E-state index in [0.29, 0.717) is 17.9 Å². The minimum atomic E-state index is -4.36. The Labute approximate surface area is 148 Å². The number of ether oxygens (including phenoxy) is 1. The highest BCUT2D eigenvalue weighted by Crippen LogP contribution is 2.45. The molecular formula is C18H18F3N3O2. The van der Waals surface area contributed by atoms with Gasteiger partial charge in [-0.15, -0.1) is 10.2 Å². The second-order valence-corrected chi connectivity index (χ2v) is 6.36. The molecule has 1 aromatic carbocycles. The highest BCUT2D eigenvalue weighted by Gasteiger charge is 2.40. The first-order valence-corrected chi connectivity index (χ1v) is 8.18. The first-order chi connectivity index (χ1) is 12.3. The maximum Gasteiger partial charge on any atom is 0.416 e. The number of rotatable bonds is 5. The van der Waals surface area contributed by atoms with Crippen molar-refractivity contribution in [2.24, 2.45) is 0 Å². The number of aromatic nitrogens is 2. The van der Waals surface area contributed by atoms with Crippen molar-refractivity contribution >= 4 is 11.8 Å². The monoisotopic (exact) mass is 365 g/mol. The van der Waals surface area contributed by atoms with Crippen LogP contribution >= 0.6 is 0 Å². The van der Waals surface area contributed by atoms with Crippen LogP contribution in [0.1, 0.15) is 40.9 Å². The number of nitrogens with zero attached hydrogens (tertiary/aromatic N) is 2. The van der Waals surface area contributed by atoms with E-state index in [9.17, 15) is 18.0 Å². The third-order valence-corrected chi connectivity index (χ3v) is 4.78. The molecule has 5 nitrogen and oxygen atoms in total. The normalized spacial score (nSPS) is 15.8. The molecule has 1 fully saturated rings. The smallest absolute Gasteiger partial charge is 0.416 e. The number of nitrogens with one attached hydrogen (secondary N) is 1. The highest BCUT2D eigenvalue weighted by molar-refractivity contribution is 5.86. The van der Waals surface area contributed by atoms with Gasteiger partial charge < -0.3 is 10.1 Å². The molecule has 1 aliphatic carbocycles. The maximum absolute atomic E-state index is 13.0. The Morgan fingerprint density at radius 3 is 2.54 bits per heavy atom. The summed E-state index contributed by atoms with van der Waals surface area (Å²) in [5.41, 5.74) is -0.229. The van der Waals surface area contributed by atoms with Gasteiger partial charge in [0.05, 0.1) is 12.7 Å². The van der Waals surface area contributed by atoms with Gasteiger partial charge in [0, 0.05) is 12.0 Å². The lowest BCUT2D eigenvalue weighted by molar-refractivity contribution is -0.137. The van der Waals surface area contributed by atoms with Crippen molar-refractivity contribution in [2.45, 2.75) is 30.9 Å². The topological polar surface area (TPSA) is 64.1 Å². The van der Waals surface area contributed by atoms with Crippen LogP contribution in [0, 0.1) is 0 Å². The van der Waals surface area contributed by atoms with Gasteiger partial charge in [-0.1, -0.05) is 24.6 Å². The van der Waals surface area contributed by atoms with Crippen LogP contribution < -0.4 is 5.32 Å². The van der Waals surface area contributed by atoms with E-state index in [1.54, 1.807) is 12.1 Å². The Hall–Kier alpha value is -2.64. The van der Waals surface area contributed by atoms with Crippen LogP contribution in [0.25, 0.3) is 0 Å². The van der Waals surface area contributed by atoms with Crippen molar-refractivity contribution in [3.63, 3.8) is 0 Å². The maximum atomic E-state index is 13.0. The van der Waals surface area contributed by atoms with E-state index in [2.05, 4.69) is 20.3 Å². The van der Waals surface area contributed by atoms with Gasteiger partial charge in [-0.25, -0.2) is 4.79 Å². The zero-order valence-electron chi connectivity index (χ0n) is 14.1. The first kappa shape index (κ1) is 18.2. The second kappa shape index (κ2) is 6.93. The quantitative estimate of drug-likeness (QED) is 0.816. The molecule has 138 valence electrons. The van der Waals surface area contributed by atoms with Crippen LogP contribution in [0.3, 0.4) is 0 Å². The summed E-state index contributed by atoms with van der Waals surface area (Å²) >= 11 is 0. The number of halogens is 3. The third-order valence-electron chi connectivity index (χ3n) is 4.78. The van der Waals surface area contributed by atoms with Crippen LogP contribution in [-0.2, 0) is 16.3 Å². The largest absolute Gasteiger partial charge is 0.464 e. The average Bonchev–Trinajstić information content (AvgIpc) is 2.60. The summed E-state index contributed by atoms with van der Waals surface area (Å²) < 4.78 is 43.5. The molecule has 1 N–H and O–H groups in total. The van der Waals surface area contributed by atoms with Crippen molar-refractivity contribution in [2.75, 3.05) is 19.0 Å². The van der Waals surface area contributed by atoms with E-state index in [1.807, 2.05) is 0 Å². The zero-order chi connectivity index (χ0) is 18.8. The standard InChI is InChI=1S/C18H18F3N3O2/c1-26-16(25)14-6-7-15(24-23-14)22-11-17(8-3-9-17)12-4-2-5-13(10-12)18(19,20)21/h2,4-7,10H,3,8-9,11H2,1H3,(H,22,24). The van der Waals surface area contributed by atoms with Crippen molar-refractivity contribution in [1.82, 2.24) is 10.2 Å². The molecule has 0 bridgehead atoms. The Kier molecular flexibility index (Phi) is 4.84. The molecule has 1 aromatic heterocycles. The average molecular weight is 365 g/mol. The molecule has 1 heterocycles. The Bertz CT molecular complexity index is 787. The van der Waals surface area contributed by atoms with Gasteiger partial charge in [0.2, 0.25) is 0 Å². The number of alkyl halides is 3. The summed E-state index contributed by atoms with van der Waals surface area (Å²) in [4.78, 5) is 11.4. The van der Waals surface area contributed by atoms with Crippen molar-refractivity contribution in [1.29, 1.82) is 0 Å². The van der Waals surface area contributed by atoms with Crippen molar-refractivity contribution < 1.29 is 22.7 Å². The van der Waals surface area contributed by atoms with Gasteiger partial charge in [0.25, 0.3) is 0 Å². The number of hydrogen-bond donors (Lipinski definition) is 1. The molecule has 26 heavy (non-hydrogen) atoms. The third kappa shape index (κ3) is 3.63. The van der Waals surface area contributed by atoms with Crippen LogP contribution in [-0.4, -0.2) is 29.8 Å². The Morgan fingerprint density at radius 2 is 2.00 bits per heavy atom. The number of benzene rings is 1. The lowest BCUT2D eigenvalue weighted by Gasteiger charge is -2.43. The van der Waals surface area contributed by atoms with Crippen LogP contribution in [0.4, 0.5) is 19.0 Å². The molecule has 1 aliphatic rings. The molecule has 0 unspecified atom stereocenters. The molecule has 0 atom stereocenters. The number of anilines is 1. The van der Waals surface area contributed by atoms with Crippen LogP contribution in [0.2, 0.25) is 0 Å². The van der Waals surface area contributed by atoms with E-state index in [4.69, 9.17) is 0 Å². The van der Waals surface area contributed by atoms with Gasteiger partial charge in [0.15, 0.2) is 5.69 Å². The number of esters is 1. The van der Waals surface area contributed by atoms with Crippen molar-refractivity contribution in [3.8, 4) is 0 Å². The molecule has 0 aliphatic heterocycles. The molecule has 2 aromatic rings. The van der Waals surface area contributed by atoms with Gasteiger partial charge in [0.1, 0.15) is 5.82 Å². The minimum absolute atomic E-state index is 0.0919. The summed E-state index contributed by atoms with van der Waals surface area (Å²) in [5, 5.41) is 10.8. The van der Waals surface area contributed by atoms with Gasteiger partial charge in [-0.2, -0.15) is 13.2 Å². The summed E-state index contributed by atoms with van der Waals surface area (Å²) in [7, 11) is 1.26. The molecule has 3 rings (SSSR count). The second-order valence-electron chi connectivity index (χ2n) is 6.36. The Morgan fingerprint density at radius 1 is 1.23 bits per heavy atom. The molecule has 0 saturated heterocycles. The predicted molar refractivity (Wildman–Crippen MR) is 88.8 cm³/mol. The number of hydrogen-bond acceptors (Lipinski definition) is 5. The van der Waals surface area contributed by atoms with E-state index in [0.717, 1.165) is 25.3 Å². The van der Waals surface area contributed by atoms with Gasteiger partial charge >= 0.3 is 12.1 Å². The lowest BCUT2D eigenvalue weighted by atomic mass is 9.64. The molecule has 1 saturated carbocycles. The number of methoxy groups -OCH3 is 1. The van der Waals surface area contributed by atoms with Crippen LogP contribution in [0.15, 0.2) is 36.4 Å². The lowest BCUT2D eigenvalue weighted by Crippen LogP contribution is -2.41. The summed E-state index contributed by atoms with van der Waals surface area (Å²) in [6, 6.07) is 8.58. The first-order valence-electron chi connectivity index (χ1n) is 8.18. The SMILES string of the molecule is COC(=O)c1ccc(NCC2(c3cccc(C(F)(F)F)c3)CCC2)nn1. The minimum Gasteiger partial charge on any atom is -0.464 e. The van der Waals surface area contributed by atoms with Gasteiger partial charge in [-0.3, -0.25) is 0 Å². The molecule has 8 heteroatoms. The molecule has 0 amide bonds. The predicted octanol–water partition coefficient (Wildman–Crippen LogP) is 3.82. The van der Waals surface area contributed by atoms with E-state index < -0.39 is 17.7 Å². The fraction of sp³-hybridized carbons (Fsp3) is 0.389. The van der Waals surface area contributed by atoms with Crippen LogP contribution in [0.5, 0.6) is 0 Å². The molecule has 0 spiro atoms. The fourth-order valence-corrected chi connectivity index (χ4v) is 3.10. The van der Waals surface area contributed by atoms with E-state index in [-0.39, 0.29) is 11.1 Å². The van der Waals surface area contributed by atoms with Crippen molar-refractivity contribution in [3.05, 3.63) is 53.2 Å². The highest BCUT2D eigenvalue weighted by atomic mass is 19.4. The van der Waals surface area contributed by atoms with E-state index in [1.165, 1.54) is 25.3 Å². The molecular weight excluding hydrogens is 347 g/mol. The Balaban J connectivity index is 1.74. The molecule has 0 radical (unpaired) electrons.